The molecule has 134 valence electrons. The largest absolute Gasteiger partial charge is 0.492 e. The first kappa shape index (κ1) is 17.8. The molecule has 0 spiro atoms. The Hall–Kier alpha value is -3.00. The predicted octanol–water partition coefficient (Wildman–Crippen LogP) is 3.70. The summed E-state index contributed by atoms with van der Waals surface area (Å²) in [5.41, 5.74) is 0.650. The van der Waals surface area contributed by atoms with E-state index in [9.17, 15) is 4.79 Å². The SMILES string of the molecule is CCOc1ccccc1NC(=O)CSc1n[nH]c(/C=C/c2ccco2)n1. The lowest BCUT2D eigenvalue weighted by Crippen LogP contribution is -2.15. The minimum absolute atomic E-state index is 0.153. The summed E-state index contributed by atoms with van der Waals surface area (Å²) in [6.45, 7) is 2.43. The number of furan rings is 1. The van der Waals surface area contributed by atoms with E-state index in [1.54, 1.807) is 24.5 Å². The molecule has 0 aliphatic heterocycles. The van der Waals surface area contributed by atoms with Crippen LogP contribution < -0.4 is 10.1 Å². The van der Waals surface area contributed by atoms with Crippen LogP contribution in [0.15, 0.2) is 52.2 Å². The summed E-state index contributed by atoms with van der Waals surface area (Å²) in [6.07, 6.45) is 5.14. The van der Waals surface area contributed by atoms with Crippen LogP contribution in [0.3, 0.4) is 0 Å². The predicted molar refractivity (Wildman–Crippen MR) is 101 cm³/mol. The Kier molecular flexibility index (Phi) is 6.10. The summed E-state index contributed by atoms with van der Waals surface area (Å²) in [5.74, 6) is 2.00. The van der Waals surface area contributed by atoms with Crippen molar-refractivity contribution < 1.29 is 13.9 Å². The molecule has 0 fully saturated rings. The van der Waals surface area contributed by atoms with Crippen LogP contribution in [0.25, 0.3) is 12.2 Å². The molecule has 2 N–H and O–H groups in total. The molecule has 0 saturated heterocycles. The van der Waals surface area contributed by atoms with E-state index < -0.39 is 0 Å². The number of hydrogen-bond donors (Lipinski definition) is 2. The minimum atomic E-state index is -0.153. The highest BCUT2D eigenvalue weighted by Gasteiger charge is 2.10. The van der Waals surface area contributed by atoms with Gasteiger partial charge in [0.25, 0.3) is 0 Å². The van der Waals surface area contributed by atoms with E-state index in [2.05, 4.69) is 20.5 Å². The number of carbonyl (C=O) groups excluding carboxylic acids is 1. The van der Waals surface area contributed by atoms with Crippen molar-refractivity contribution in [1.82, 2.24) is 15.2 Å². The summed E-state index contributed by atoms with van der Waals surface area (Å²) < 4.78 is 10.7. The third-order valence-corrected chi connectivity index (χ3v) is 4.07. The van der Waals surface area contributed by atoms with Gasteiger partial charge in [0.2, 0.25) is 11.1 Å². The maximum absolute atomic E-state index is 12.2. The van der Waals surface area contributed by atoms with Gasteiger partial charge in [-0.05, 0) is 43.3 Å². The summed E-state index contributed by atoms with van der Waals surface area (Å²) in [6, 6.07) is 11.0. The van der Waals surface area contributed by atoms with Gasteiger partial charge >= 0.3 is 0 Å². The second-order valence-electron chi connectivity index (χ2n) is 5.12. The second-order valence-corrected chi connectivity index (χ2v) is 6.06. The van der Waals surface area contributed by atoms with Crippen LogP contribution in [0.2, 0.25) is 0 Å². The quantitative estimate of drug-likeness (QED) is 0.587. The first-order valence-corrected chi connectivity index (χ1v) is 9.01. The smallest absolute Gasteiger partial charge is 0.234 e. The summed E-state index contributed by atoms with van der Waals surface area (Å²) in [5, 5.41) is 10.2. The van der Waals surface area contributed by atoms with Crippen molar-refractivity contribution in [2.24, 2.45) is 0 Å². The maximum Gasteiger partial charge on any atom is 0.234 e. The Morgan fingerprint density at radius 2 is 2.19 bits per heavy atom. The van der Waals surface area contributed by atoms with Gasteiger partial charge in [0.05, 0.1) is 24.3 Å². The number of thioether (sulfide) groups is 1. The number of benzene rings is 1. The number of hydrogen-bond acceptors (Lipinski definition) is 6. The maximum atomic E-state index is 12.2. The fourth-order valence-electron chi connectivity index (χ4n) is 2.11. The van der Waals surface area contributed by atoms with Gasteiger partial charge in [0.1, 0.15) is 17.3 Å². The normalized spacial score (nSPS) is 11.0. The molecule has 3 aromatic rings. The fourth-order valence-corrected chi connectivity index (χ4v) is 2.72. The van der Waals surface area contributed by atoms with E-state index in [4.69, 9.17) is 9.15 Å². The first-order chi connectivity index (χ1) is 12.7. The Labute approximate surface area is 154 Å². The molecule has 0 unspecified atom stereocenters. The van der Waals surface area contributed by atoms with Crippen molar-refractivity contribution in [2.75, 3.05) is 17.7 Å². The Balaban J connectivity index is 1.52. The van der Waals surface area contributed by atoms with Crippen molar-refractivity contribution in [3.8, 4) is 5.75 Å². The van der Waals surface area contributed by atoms with E-state index in [1.807, 2.05) is 37.3 Å². The molecule has 7 nitrogen and oxygen atoms in total. The lowest BCUT2D eigenvalue weighted by atomic mass is 10.3. The fraction of sp³-hybridized carbons (Fsp3) is 0.167. The molecular weight excluding hydrogens is 352 g/mol. The number of nitrogens with zero attached hydrogens (tertiary/aromatic N) is 2. The Morgan fingerprint density at radius 1 is 1.31 bits per heavy atom. The van der Waals surface area contributed by atoms with Gasteiger partial charge in [-0.2, -0.15) is 0 Å². The molecule has 0 radical (unpaired) electrons. The molecule has 0 saturated carbocycles. The van der Waals surface area contributed by atoms with Crippen molar-refractivity contribution in [3.05, 3.63) is 54.2 Å². The zero-order valence-electron chi connectivity index (χ0n) is 14.1. The summed E-state index contributed by atoms with van der Waals surface area (Å²) >= 11 is 1.25. The number of carbonyl (C=O) groups is 1. The molecule has 1 aromatic carbocycles. The zero-order chi connectivity index (χ0) is 18.2. The monoisotopic (exact) mass is 370 g/mol. The van der Waals surface area contributed by atoms with Gasteiger partial charge in [-0.3, -0.25) is 9.89 Å². The molecule has 3 rings (SSSR count). The number of anilines is 1. The molecule has 26 heavy (non-hydrogen) atoms. The van der Waals surface area contributed by atoms with Crippen LogP contribution in [0.4, 0.5) is 5.69 Å². The average molecular weight is 370 g/mol. The number of aromatic nitrogens is 3. The highest BCUT2D eigenvalue weighted by atomic mass is 32.2. The number of ether oxygens (including phenoxy) is 1. The van der Waals surface area contributed by atoms with Crippen LogP contribution in [-0.4, -0.2) is 33.4 Å². The molecular formula is C18H18N4O3S. The lowest BCUT2D eigenvalue weighted by molar-refractivity contribution is -0.113. The van der Waals surface area contributed by atoms with E-state index in [0.717, 1.165) is 5.76 Å². The van der Waals surface area contributed by atoms with Gasteiger partial charge in [-0.25, -0.2) is 4.98 Å². The number of aromatic amines is 1. The highest BCUT2D eigenvalue weighted by Crippen LogP contribution is 2.24. The zero-order valence-corrected chi connectivity index (χ0v) is 15.0. The van der Waals surface area contributed by atoms with E-state index in [0.29, 0.717) is 29.0 Å². The Morgan fingerprint density at radius 3 is 3.00 bits per heavy atom. The van der Waals surface area contributed by atoms with Gasteiger partial charge in [-0.1, -0.05) is 23.9 Å². The summed E-state index contributed by atoms with van der Waals surface area (Å²) in [4.78, 5) is 16.4. The van der Waals surface area contributed by atoms with Crippen LogP contribution in [0, 0.1) is 0 Å². The average Bonchev–Trinajstić information content (AvgIpc) is 3.32. The number of amides is 1. The van der Waals surface area contributed by atoms with Gasteiger partial charge in [0, 0.05) is 0 Å². The molecule has 0 aliphatic rings. The molecule has 1 amide bonds. The minimum Gasteiger partial charge on any atom is -0.492 e. The second kappa shape index (κ2) is 8.91. The van der Waals surface area contributed by atoms with Gasteiger partial charge < -0.3 is 14.5 Å². The van der Waals surface area contributed by atoms with Crippen molar-refractivity contribution in [2.45, 2.75) is 12.1 Å². The van der Waals surface area contributed by atoms with Crippen LogP contribution >= 0.6 is 11.8 Å². The van der Waals surface area contributed by atoms with Crippen molar-refractivity contribution in [3.63, 3.8) is 0 Å². The topological polar surface area (TPSA) is 93.0 Å². The third kappa shape index (κ3) is 5.00. The standard InChI is InChI=1S/C18H18N4O3S/c1-2-24-15-8-4-3-7-14(15)19-17(23)12-26-18-20-16(21-22-18)10-9-13-6-5-11-25-13/h3-11H,2,12H2,1H3,(H,19,23)(H,20,21,22)/b10-9+. The van der Waals surface area contributed by atoms with Gasteiger partial charge in [-0.15, -0.1) is 5.10 Å². The number of nitrogens with one attached hydrogen (secondary N) is 2. The van der Waals surface area contributed by atoms with Crippen molar-refractivity contribution in [1.29, 1.82) is 0 Å². The third-order valence-electron chi connectivity index (χ3n) is 3.22. The van der Waals surface area contributed by atoms with Gasteiger partial charge in [0.15, 0.2) is 0 Å². The number of para-hydroxylation sites is 2. The van der Waals surface area contributed by atoms with Crippen LogP contribution in [-0.2, 0) is 4.79 Å². The van der Waals surface area contributed by atoms with Crippen LogP contribution in [0.5, 0.6) is 5.75 Å². The van der Waals surface area contributed by atoms with Crippen molar-refractivity contribution >= 4 is 35.5 Å². The molecule has 0 aliphatic carbocycles. The molecule has 0 bridgehead atoms. The molecule has 2 aromatic heterocycles. The molecule has 2 heterocycles. The van der Waals surface area contributed by atoms with Crippen LogP contribution in [0.1, 0.15) is 18.5 Å². The van der Waals surface area contributed by atoms with E-state index in [1.165, 1.54) is 11.8 Å². The highest BCUT2D eigenvalue weighted by molar-refractivity contribution is 7.99. The molecule has 0 atom stereocenters. The first-order valence-electron chi connectivity index (χ1n) is 8.03. The van der Waals surface area contributed by atoms with E-state index in [-0.39, 0.29) is 11.7 Å². The number of rotatable bonds is 8. The lowest BCUT2D eigenvalue weighted by Gasteiger charge is -2.10. The Bertz CT molecular complexity index is 874. The van der Waals surface area contributed by atoms with E-state index >= 15 is 0 Å². The number of H-pyrrole nitrogens is 1. The molecule has 8 heteroatoms. The summed E-state index contributed by atoms with van der Waals surface area (Å²) in [7, 11) is 0.